The Hall–Kier alpha value is -2.69. The lowest BCUT2D eigenvalue weighted by molar-refractivity contribution is 0.0247. The molecule has 3 aromatic heterocycles. The van der Waals surface area contributed by atoms with Crippen LogP contribution < -0.4 is 11.1 Å². The Morgan fingerprint density at radius 2 is 2.28 bits per heavy atom. The highest BCUT2D eigenvalue weighted by Gasteiger charge is 2.30. The summed E-state index contributed by atoms with van der Waals surface area (Å²) in [6.45, 7) is -0.0794. The largest absolute Gasteiger partial charge is 0.369 e. The number of nitrogens with two attached hydrogens (primary N) is 1. The Morgan fingerprint density at radius 1 is 1.41 bits per heavy atom. The molecule has 0 saturated carbocycles. The van der Waals surface area contributed by atoms with E-state index in [9.17, 15) is 9.18 Å². The van der Waals surface area contributed by atoms with Crippen LogP contribution in [0.1, 0.15) is 35.1 Å². The van der Waals surface area contributed by atoms with E-state index >= 15 is 0 Å². The molecule has 1 aliphatic heterocycles. The molecule has 3 N–H and O–H groups in total. The number of carbonyl (C=O) groups is 1. The second-order valence-electron chi connectivity index (χ2n) is 6.85. The van der Waals surface area contributed by atoms with Crippen molar-refractivity contribution in [2.75, 3.05) is 11.9 Å². The SMILES string of the molecule is Cn1ncc(NC(=O)c2csc(-c3ccccn3)n2)c1[C@@H]1CC[C@@H](N)[C@H](F)CO1. The third-order valence-corrected chi connectivity index (χ3v) is 5.71. The predicted molar refractivity (Wildman–Crippen MR) is 107 cm³/mol. The number of anilines is 1. The fourth-order valence-corrected chi connectivity index (χ4v) is 4.03. The van der Waals surface area contributed by atoms with Gasteiger partial charge >= 0.3 is 0 Å². The average molecular weight is 416 g/mol. The van der Waals surface area contributed by atoms with Crippen molar-refractivity contribution in [2.24, 2.45) is 12.8 Å². The van der Waals surface area contributed by atoms with Crippen molar-refractivity contribution in [1.29, 1.82) is 0 Å². The molecule has 29 heavy (non-hydrogen) atoms. The number of halogens is 1. The standard InChI is InChI=1S/C19H21FN6O2S/c1-26-17(16-6-5-12(21)11(20)9-28-16)14(8-23-26)24-18(27)15-10-29-19(25-15)13-4-2-3-7-22-13/h2-4,7-8,10-12,16H,5-6,9,21H2,1H3,(H,24,27)/t11-,12-,16+/m1/s1. The summed E-state index contributed by atoms with van der Waals surface area (Å²) in [4.78, 5) is 21.4. The van der Waals surface area contributed by atoms with Gasteiger partial charge in [0.25, 0.3) is 5.91 Å². The monoisotopic (exact) mass is 416 g/mol. The second-order valence-corrected chi connectivity index (χ2v) is 7.71. The van der Waals surface area contributed by atoms with Crippen LogP contribution in [0.3, 0.4) is 0 Å². The number of alkyl halides is 1. The number of aryl methyl sites for hydroxylation is 1. The van der Waals surface area contributed by atoms with Crippen molar-refractivity contribution < 1.29 is 13.9 Å². The number of ether oxygens (including phenoxy) is 1. The molecule has 1 amide bonds. The molecule has 3 aromatic rings. The maximum atomic E-state index is 13.9. The second kappa shape index (κ2) is 8.36. The summed E-state index contributed by atoms with van der Waals surface area (Å²) in [5.41, 5.74) is 8.01. The Bertz CT molecular complexity index is 980. The van der Waals surface area contributed by atoms with Gasteiger partial charge in [0.1, 0.15) is 23.0 Å². The molecule has 0 unspecified atom stereocenters. The van der Waals surface area contributed by atoms with Gasteiger partial charge in [0.15, 0.2) is 0 Å². The Labute approximate surface area is 170 Å². The summed E-state index contributed by atoms with van der Waals surface area (Å²) < 4.78 is 21.2. The first-order valence-electron chi connectivity index (χ1n) is 9.24. The fourth-order valence-electron chi connectivity index (χ4n) is 3.25. The van der Waals surface area contributed by atoms with Crippen molar-refractivity contribution in [3.05, 3.63) is 47.4 Å². The Kier molecular flexibility index (Phi) is 5.65. The molecular weight excluding hydrogens is 395 g/mol. The number of nitrogens with zero attached hydrogens (tertiary/aromatic N) is 4. The Morgan fingerprint density at radius 3 is 3.07 bits per heavy atom. The molecule has 8 nitrogen and oxygen atoms in total. The van der Waals surface area contributed by atoms with E-state index in [-0.39, 0.29) is 18.2 Å². The van der Waals surface area contributed by atoms with Crippen LogP contribution in [0.25, 0.3) is 10.7 Å². The normalized spacial score (nSPS) is 22.2. The van der Waals surface area contributed by atoms with Gasteiger partial charge in [-0.2, -0.15) is 5.10 Å². The van der Waals surface area contributed by atoms with E-state index < -0.39 is 18.3 Å². The van der Waals surface area contributed by atoms with Crippen LogP contribution in [0.5, 0.6) is 0 Å². The van der Waals surface area contributed by atoms with Gasteiger partial charge in [-0.3, -0.25) is 14.5 Å². The summed E-state index contributed by atoms with van der Waals surface area (Å²) in [7, 11) is 1.76. The first-order valence-corrected chi connectivity index (χ1v) is 10.1. The highest BCUT2D eigenvalue weighted by molar-refractivity contribution is 7.13. The third-order valence-electron chi connectivity index (χ3n) is 4.84. The Balaban J connectivity index is 1.52. The molecule has 4 heterocycles. The van der Waals surface area contributed by atoms with Gasteiger partial charge in [-0.15, -0.1) is 11.3 Å². The number of nitrogens with one attached hydrogen (secondary N) is 1. The van der Waals surface area contributed by atoms with Crippen LogP contribution >= 0.6 is 11.3 Å². The number of rotatable bonds is 4. The number of thiazole rings is 1. The third kappa shape index (κ3) is 4.19. The van der Waals surface area contributed by atoms with Crippen LogP contribution in [0.15, 0.2) is 36.0 Å². The lowest BCUT2D eigenvalue weighted by Gasteiger charge is -2.17. The number of hydrogen-bond acceptors (Lipinski definition) is 7. The molecule has 1 aliphatic rings. The van der Waals surface area contributed by atoms with E-state index in [4.69, 9.17) is 10.5 Å². The zero-order valence-electron chi connectivity index (χ0n) is 15.8. The summed E-state index contributed by atoms with van der Waals surface area (Å²) in [5, 5.41) is 9.43. The maximum Gasteiger partial charge on any atom is 0.275 e. The van der Waals surface area contributed by atoms with Gasteiger partial charge < -0.3 is 15.8 Å². The summed E-state index contributed by atoms with van der Waals surface area (Å²) in [5.74, 6) is -0.355. The van der Waals surface area contributed by atoms with Crippen LogP contribution in [0.4, 0.5) is 10.1 Å². The van der Waals surface area contributed by atoms with Crippen molar-refractivity contribution in [3.63, 3.8) is 0 Å². The first-order chi connectivity index (χ1) is 14.0. The minimum absolute atomic E-state index is 0.0794. The predicted octanol–water partition coefficient (Wildman–Crippen LogP) is 2.71. The molecule has 0 radical (unpaired) electrons. The van der Waals surface area contributed by atoms with Crippen molar-refractivity contribution >= 4 is 22.9 Å². The van der Waals surface area contributed by atoms with Crippen LogP contribution in [-0.4, -0.2) is 44.5 Å². The molecule has 0 spiro atoms. The highest BCUT2D eigenvalue weighted by atomic mass is 32.1. The van der Waals surface area contributed by atoms with Gasteiger partial charge in [0.2, 0.25) is 0 Å². The van der Waals surface area contributed by atoms with E-state index in [2.05, 4.69) is 20.4 Å². The summed E-state index contributed by atoms with van der Waals surface area (Å²) in [6.07, 6.45) is 2.67. The van der Waals surface area contributed by atoms with Crippen molar-refractivity contribution in [3.8, 4) is 10.7 Å². The smallest absolute Gasteiger partial charge is 0.275 e. The average Bonchev–Trinajstić information content (AvgIpc) is 3.32. The molecule has 0 bridgehead atoms. The van der Waals surface area contributed by atoms with E-state index in [1.54, 1.807) is 29.5 Å². The van der Waals surface area contributed by atoms with Crippen molar-refractivity contribution in [1.82, 2.24) is 19.7 Å². The van der Waals surface area contributed by atoms with E-state index in [1.165, 1.54) is 11.3 Å². The lowest BCUT2D eigenvalue weighted by Crippen LogP contribution is -2.32. The van der Waals surface area contributed by atoms with Gasteiger partial charge in [-0.25, -0.2) is 9.37 Å². The highest BCUT2D eigenvalue weighted by Crippen LogP contribution is 2.32. The van der Waals surface area contributed by atoms with Gasteiger partial charge in [0, 0.05) is 24.7 Å². The summed E-state index contributed by atoms with van der Waals surface area (Å²) in [6, 6.07) is 4.98. The quantitative estimate of drug-likeness (QED) is 0.677. The molecule has 4 rings (SSSR count). The number of carbonyl (C=O) groups excluding carboxylic acids is 1. The topological polar surface area (TPSA) is 108 Å². The van der Waals surface area contributed by atoms with E-state index in [1.807, 2.05) is 18.2 Å². The van der Waals surface area contributed by atoms with E-state index in [0.29, 0.717) is 34.9 Å². The minimum Gasteiger partial charge on any atom is -0.369 e. The molecule has 0 aliphatic carbocycles. The number of amides is 1. The zero-order valence-corrected chi connectivity index (χ0v) is 16.6. The number of pyridine rings is 1. The zero-order chi connectivity index (χ0) is 20.4. The molecular formula is C19H21FN6O2S. The minimum atomic E-state index is -1.20. The molecule has 3 atom stereocenters. The van der Waals surface area contributed by atoms with Gasteiger partial charge in [0.05, 0.1) is 29.9 Å². The van der Waals surface area contributed by atoms with Crippen molar-refractivity contribution in [2.45, 2.75) is 31.2 Å². The molecule has 0 aromatic carbocycles. The van der Waals surface area contributed by atoms with Crippen LogP contribution in [0, 0.1) is 0 Å². The number of aromatic nitrogens is 4. The van der Waals surface area contributed by atoms with E-state index in [0.717, 1.165) is 0 Å². The maximum absolute atomic E-state index is 13.9. The van der Waals surface area contributed by atoms with Crippen LogP contribution in [0.2, 0.25) is 0 Å². The molecule has 10 heteroatoms. The molecule has 152 valence electrons. The van der Waals surface area contributed by atoms with Crippen LogP contribution in [-0.2, 0) is 11.8 Å². The summed E-state index contributed by atoms with van der Waals surface area (Å²) >= 11 is 1.35. The lowest BCUT2D eigenvalue weighted by atomic mass is 10.0. The fraction of sp³-hybridized carbons (Fsp3) is 0.368. The first kappa shape index (κ1) is 19.6. The number of hydrogen-bond donors (Lipinski definition) is 2. The molecule has 1 saturated heterocycles. The molecule has 1 fully saturated rings. The van der Waals surface area contributed by atoms with Gasteiger partial charge in [-0.05, 0) is 25.0 Å². The van der Waals surface area contributed by atoms with Gasteiger partial charge in [-0.1, -0.05) is 6.07 Å².